The van der Waals surface area contributed by atoms with Crippen molar-refractivity contribution in [2.24, 2.45) is 4.99 Å². The first-order valence-corrected chi connectivity index (χ1v) is 9.07. The molecular formula is C20H26N4O2. The Balaban J connectivity index is 1.55. The Morgan fingerprint density at radius 3 is 2.81 bits per heavy atom. The lowest BCUT2D eigenvalue weighted by molar-refractivity contribution is 0.188. The zero-order valence-corrected chi connectivity index (χ0v) is 15.1. The molecule has 1 saturated heterocycles. The van der Waals surface area contributed by atoms with Crippen molar-refractivity contribution in [3.63, 3.8) is 0 Å². The summed E-state index contributed by atoms with van der Waals surface area (Å²) in [6.45, 7) is 5.40. The van der Waals surface area contributed by atoms with Gasteiger partial charge in [0, 0.05) is 25.8 Å². The first kappa shape index (κ1) is 18.2. The summed E-state index contributed by atoms with van der Waals surface area (Å²) in [5.41, 5.74) is 2.02. The number of nitrogens with one attached hydrogen (secondary N) is 1. The third kappa shape index (κ3) is 5.20. The molecule has 1 aliphatic rings. The zero-order chi connectivity index (χ0) is 18.2. The smallest absolute Gasteiger partial charge is 0.194 e. The maximum Gasteiger partial charge on any atom is 0.194 e. The molecule has 0 spiro atoms. The van der Waals surface area contributed by atoms with E-state index in [-0.39, 0.29) is 6.10 Å². The van der Waals surface area contributed by atoms with Crippen LogP contribution < -0.4 is 10.1 Å². The minimum atomic E-state index is -0.255. The van der Waals surface area contributed by atoms with Crippen LogP contribution in [0.3, 0.4) is 0 Å². The van der Waals surface area contributed by atoms with E-state index in [9.17, 15) is 5.11 Å². The van der Waals surface area contributed by atoms with Crippen LogP contribution in [0, 0.1) is 0 Å². The van der Waals surface area contributed by atoms with E-state index in [0.29, 0.717) is 19.7 Å². The van der Waals surface area contributed by atoms with E-state index in [1.165, 1.54) is 0 Å². The standard InChI is InChI=1S/C20H26N4O2/c1-2-21-20(24-12-10-18(25)14-24)23-13-16-6-8-19(9-7-16)26-15-17-5-3-4-11-22-17/h3-9,11,18,25H,2,10,12-15H2,1H3,(H,21,23)/t18-/m1/s1. The van der Waals surface area contributed by atoms with Crippen molar-refractivity contribution in [3.05, 3.63) is 59.9 Å². The van der Waals surface area contributed by atoms with Gasteiger partial charge in [0.05, 0.1) is 18.3 Å². The molecule has 0 unspecified atom stereocenters. The largest absolute Gasteiger partial charge is 0.487 e. The number of aliphatic hydroxyl groups excluding tert-OH is 1. The Morgan fingerprint density at radius 2 is 2.15 bits per heavy atom. The molecule has 138 valence electrons. The number of aliphatic hydroxyl groups is 1. The Hall–Kier alpha value is -2.60. The van der Waals surface area contributed by atoms with E-state index in [0.717, 1.165) is 42.5 Å². The number of benzene rings is 1. The Bertz CT molecular complexity index is 704. The highest BCUT2D eigenvalue weighted by molar-refractivity contribution is 5.80. The maximum absolute atomic E-state index is 9.72. The minimum absolute atomic E-state index is 0.255. The fourth-order valence-electron chi connectivity index (χ4n) is 2.86. The molecular weight excluding hydrogens is 328 g/mol. The summed E-state index contributed by atoms with van der Waals surface area (Å²) < 4.78 is 5.76. The second kappa shape index (κ2) is 9.20. The van der Waals surface area contributed by atoms with Crippen LogP contribution in [0.5, 0.6) is 5.75 Å². The van der Waals surface area contributed by atoms with Gasteiger partial charge in [0.15, 0.2) is 5.96 Å². The van der Waals surface area contributed by atoms with Crippen molar-refractivity contribution in [2.45, 2.75) is 32.6 Å². The number of pyridine rings is 1. The summed E-state index contributed by atoms with van der Waals surface area (Å²) in [7, 11) is 0. The number of aromatic nitrogens is 1. The quantitative estimate of drug-likeness (QED) is 0.615. The number of ether oxygens (including phenoxy) is 1. The molecule has 2 N–H and O–H groups in total. The molecule has 0 amide bonds. The van der Waals surface area contributed by atoms with E-state index in [4.69, 9.17) is 9.73 Å². The maximum atomic E-state index is 9.72. The lowest BCUT2D eigenvalue weighted by Gasteiger charge is -2.20. The summed E-state index contributed by atoms with van der Waals surface area (Å²) in [5.74, 6) is 1.68. The number of rotatable bonds is 6. The van der Waals surface area contributed by atoms with Gasteiger partial charge >= 0.3 is 0 Å². The number of guanidine groups is 1. The molecule has 1 fully saturated rings. The number of β-amino-alcohol motifs (C(OH)–C–C–N with tert-alkyl or cyclic N) is 1. The number of hydrogen-bond donors (Lipinski definition) is 2. The van der Waals surface area contributed by atoms with Crippen LogP contribution in [0.15, 0.2) is 53.7 Å². The molecule has 0 bridgehead atoms. The van der Waals surface area contributed by atoms with E-state index >= 15 is 0 Å². The number of hydrogen-bond acceptors (Lipinski definition) is 4. The predicted molar refractivity (Wildman–Crippen MR) is 102 cm³/mol. The fourth-order valence-corrected chi connectivity index (χ4v) is 2.86. The monoisotopic (exact) mass is 354 g/mol. The third-order valence-electron chi connectivity index (χ3n) is 4.25. The summed E-state index contributed by atoms with van der Waals surface area (Å²) in [6, 6.07) is 13.8. The normalized spacial score (nSPS) is 17.4. The van der Waals surface area contributed by atoms with Gasteiger partial charge in [-0.1, -0.05) is 18.2 Å². The van der Waals surface area contributed by atoms with Crippen LogP contribution in [0.1, 0.15) is 24.6 Å². The molecule has 1 atom stereocenters. The molecule has 2 aromatic rings. The van der Waals surface area contributed by atoms with Gasteiger partial charge in [-0.05, 0) is 43.2 Å². The Kier molecular flexibility index (Phi) is 6.44. The second-order valence-electron chi connectivity index (χ2n) is 6.31. The summed E-state index contributed by atoms with van der Waals surface area (Å²) in [6.07, 6.45) is 2.31. The Morgan fingerprint density at radius 1 is 1.31 bits per heavy atom. The van der Waals surface area contributed by atoms with Crippen molar-refractivity contribution >= 4 is 5.96 Å². The van der Waals surface area contributed by atoms with Crippen LogP contribution in [0.25, 0.3) is 0 Å². The predicted octanol–water partition coefficient (Wildman–Crippen LogP) is 2.19. The van der Waals surface area contributed by atoms with E-state index in [1.54, 1.807) is 6.20 Å². The van der Waals surface area contributed by atoms with Crippen LogP contribution in [-0.2, 0) is 13.2 Å². The van der Waals surface area contributed by atoms with Gasteiger partial charge < -0.3 is 20.1 Å². The molecule has 1 aromatic heterocycles. The van der Waals surface area contributed by atoms with Gasteiger partial charge in [0.2, 0.25) is 0 Å². The average Bonchev–Trinajstić information content (AvgIpc) is 3.11. The molecule has 26 heavy (non-hydrogen) atoms. The van der Waals surface area contributed by atoms with E-state index in [1.807, 2.05) is 42.5 Å². The summed E-state index contributed by atoms with van der Waals surface area (Å²) >= 11 is 0. The topological polar surface area (TPSA) is 70.0 Å². The highest BCUT2D eigenvalue weighted by Crippen LogP contribution is 2.15. The summed E-state index contributed by atoms with van der Waals surface area (Å²) in [4.78, 5) is 11.1. The van der Waals surface area contributed by atoms with Gasteiger partial charge in [-0.3, -0.25) is 4.98 Å². The lowest BCUT2D eigenvalue weighted by Crippen LogP contribution is -2.40. The molecule has 1 aromatic carbocycles. The first-order chi connectivity index (χ1) is 12.7. The lowest BCUT2D eigenvalue weighted by atomic mass is 10.2. The van der Waals surface area contributed by atoms with Crippen molar-refractivity contribution < 1.29 is 9.84 Å². The molecule has 0 aliphatic carbocycles. The zero-order valence-electron chi connectivity index (χ0n) is 15.1. The highest BCUT2D eigenvalue weighted by atomic mass is 16.5. The molecule has 2 heterocycles. The van der Waals surface area contributed by atoms with Gasteiger partial charge in [-0.25, -0.2) is 4.99 Å². The molecule has 6 heteroatoms. The van der Waals surface area contributed by atoms with Gasteiger partial charge in [-0.2, -0.15) is 0 Å². The second-order valence-corrected chi connectivity index (χ2v) is 6.31. The number of likely N-dealkylation sites (tertiary alicyclic amines) is 1. The highest BCUT2D eigenvalue weighted by Gasteiger charge is 2.22. The van der Waals surface area contributed by atoms with Crippen molar-refractivity contribution in [3.8, 4) is 5.75 Å². The molecule has 3 rings (SSSR count). The first-order valence-electron chi connectivity index (χ1n) is 9.07. The van der Waals surface area contributed by atoms with E-state index < -0.39 is 0 Å². The van der Waals surface area contributed by atoms with Crippen LogP contribution in [0.2, 0.25) is 0 Å². The van der Waals surface area contributed by atoms with Crippen LogP contribution in [-0.4, -0.2) is 46.7 Å². The SMILES string of the molecule is CCNC(=NCc1ccc(OCc2ccccn2)cc1)N1CC[C@@H](O)C1. The fraction of sp³-hybridized carbons (Fsp3) is 0.400. The van der Waals surface area contributed by atoms with E-state index in [2.05, 4.69) is 22.1 Å². The van der Waals surface area contributed by atoms with Gasteiger partial charge in [0.1, 0.15) is 12.4 Å². The van der Waals surface area contributed by atoms with Crippen molar-refractivity contribution in [1.82, 2.24) is 15.2 Å². The average molecular weight is 354 g/mol. The van der Waals surface area contributed by atoms with Gasteiger partial charge in [-0.15, -0.1) is 0 Å². The van der Waals surface area contributed by atoms with Crippen LogP contribution in [0.4, 0.5) is 0 Å². The number of aliphatic imine (C=N–C) groups is 1. The molecule has 0 radical (unpaired) electrons. The Labute approximate surface area is 154 Å². The molecule has 0 saturated carbocycles. The molecule has 1 aliphatic heterocycles. The van der Waals surface area contributed by atoms with Crippen molar-refractivity contribution in [2.75, 3.05) is 19.6 Å². The minimum Gasteiger partial charge on any atom is -0.487 e. The molecule has 6 nitrogen and oxygen atoms in total. The summed E-state index contributed by atoms with van der Waals surface area (Å²) in [5, 5.41) is 13.0. The number of nitrogens with zero attached hydrogens (tertiary/aromatic N) is 3. The van der Waals surface area contributed by atoms with Crippen molar-refractivity contribution in [1.29, 1.82) is 0 Å². The van der Waals surface area contributed by atoms with Crippen LogP contribution >= 0.6 is 0 Å². The van der Waals surface area contributed by atoms with Gasteiger partial charge in [0.25, 0.3) is 0 Å². The third-order valence-corrected chi connectivity index (χ3v) is 4.25.